The van der Waals surface area contributed by atoms with Crippen LogP contribution in [0, 0.1) is 0 Å². The number of nitrogens with zero attached hydrogens (tertiary/aromatic N) is 1. The first-order valence-electron chi connectivity index (χ1n) is 6.78. The quantitative estimate of drug-likeness (QED) is 0.779. The van der Waals surface area contributed by atoms with Crippen LogP contribution in [0.5, 0.6) is 11.5 Å². The smallest absolute Gasteiger partial charge is 0.322 e. The van der Waals surface area contributed by atoms with Crippen molar-refractivity contribution in [2.75, 3.05) is 26.2 Å². The summed E-state index contributed by atoms with van der Waals surface area (Å²) in [6, 6.07) is 6.42. The number of piperazine rings is 1. The van der Waals surface area contributed by atoms with Gasteiger partial charge in [0.2, 0.25) is 6.10 Å². The van der Waals surface area contributed by atoms with E-state index >= 15 is 0 Å². The molecule has 1 aromatic carbocycles. The highest BCUT2D eigenvalue weighted by molar-refractivity contribution is 5.83. The van der Waals surface area contributed by atoms with Gasteiger partial charge in [0.25, 0.3) is 5.91 Å². The molecule has 7 nitrogen and oxygen atoms in total. The molecule has 0 bridgehead atoms. The Kier molecular flexibility index (Phi) is 3.66. The molecule has 2 atom stereocenters. The highest BCUT2D eigenvalue weighted by Gasteiger charge is 2.34. The minimum absolute atomic E-state index is 0.135. The van der Waals surface area contributed by atoms with Crippen LogP contribution in [-0.4, -0.2) is 60.3 Å². The molecule has 2 aliphatic rings. The number of para-hydroxylation sites is 2. The third kappa shape index (κ3) is 2.78. The Labute approximate surface area is 121 Å². The van der Waals surface area contributed by atoms with E-state index in [1.807, 2.05) is 6.07 Å². The van der Waals surface area contributed by atoms with Crippen LogP contribution in [0.1, 0.15) is 0 Å². The molecule has 0 aliphatic carbocycles. The van der Waals surface area contributed by atoms with Crippen molar-refractivity contribution in [1.29, 1.82) is 0 Å². The van der Waals surface area contributed by atoms with Crippen molar-refractivity contribution in [3.05, 3.63) is 24.3 Å². The predicted molar refractivity (Wildman–Crippen MR) is 72.4 cm³/mol. The largest absolute Gasteiger partial charge is 0.485 e. The van der Waals surface area contributed by atoms with Gasteiger partial charge in [-0.25, -0.2) is 0 Å². The summed E-state index contributed by atoms with van der Waals surface area (Å²) in [6.07, 6.45) is -0.729. The Hall–Kier alpha value is -2.28. The van der Waals surface area contributed by atoms with Gasteiger partial charge in [-0.3, -0.25) is 9.59 Å². The number of carboxylic acids is 1. The van der Waals surface area contributed by atoms with Crippen molar-refractivity contribution in [2.24, 2.45) is 0 Å². The molecule has 1 saturated heterocycles. The number of rotatable bonds is 2. The first-order valence-corrected chi connectivity index (χ1v) is 6.78. The number of carboxylic acid groups (broad SMARTS) is 1. The lowest BCUT2D eigenvalue weighted by atomic mass is 10.2. The molecule has 0 unspecified atom stereocenters. The fraction of sp³-hybridized carbons (Fsp3) is 0.429. The average molecular weight is 292 g/mol. The molecule has 112 valence electrons. The molecule has 0 spiro atoms. The van der Waals surface area contributed by atoms with Gasteiger partial charge in [-0.15, -0.1) is 0 Å². The summed E-state index contributed by atoms with van der Waals surface area (Å²) < 4.78 is 11.2. The SMILES string of the molecule is O=C(O)[C@@H]1CN(C(=O)[C@@H]2COc3ccccc3O2)CCN1. The van der Waals surface area contributed by atoms with Crippen molar-refractivity contribution in [2.45, 2.75) is 12.1 Å². The van der Waals surface area contributed by atoms with Crippen LogP contribution >= 0.6 is 0 Å². The zero-order chi connectivity index (χ0) is 14.8. The van der Waals surface area contributed by atoms with Crippen LogP contribution in [0.4, 0.5) is 0 Å². The number of ether oxygens (including phenoxy) is 2. The summed E-state index contributed by atoms with van der Waals surface area (Å²) in [4.78, 5) is 24.9. The lowest BCUT2D eigenvalue weighted by Gasteiger charge is -2.35. The number of fused-ring (bicyclic) bond motifs is 1. The third-order valence-corrected chi connectivity index (χ3v) is 3.57. The van der Waals surface area contributed by atoms with Gasteiger partial charge in [0, 0.05) is 19.6 Å². The van der Waals surface area contributed by atoms with E-state index in [4.69, 9.17) is 14.6 Å². The standard InChI is InChI=1S/C14H16N2O5/c17-13(16-6-5-15-9(7-16)14(18)19)12-8-20-10-3-1-2-4-11(10)21-12/h1-4,9,12,15H,5-8H2,(H,18,19)/t9-,12-/m0/s1. The van der Waals surface area contributed by atoms with Crippen molar-refractivity contribution in [3.63, 3.8) is 0 Å². The number of carbonyl (C=O) groups is 2. The van der Waals surface area contributed by atoms with E-state index in [1.54, 1.807) is 18.2 Å². The van der Waals surface area contributed by atoms with E-state index in [-0.39, 0.29) is 19.1 Å². The Morgan fingerprint density at radius 2 is 2.05 bits per heavy atom. The molecule has 2 aliphatic heterocycles. The first kappa shape index (κ1) is 13.7. The van der Waals surface area contributed by atoms with Gasteiger partial charge < -0.3 is 24.8 Å². The third-order valence-electron chi connectivity index (χ3n) is 3.57. The molecule has 3 rings (SSSR count). The molecule has 2 heterocycles. The monoisotopic (exact) mass is 292 g/mol. The number of benzene rings is 1. The van der Waals surface area contributed by atoms with E-state index in [0.29, 0.717) is 24.6 Å². The van der Waals surface area contributed by atoms with Crippen LogP contribution in [0.3, 0.4) is 0 Å². The lowest BCUT2D eigenvalue weighted by molar-refractivity contribution is -0.146. The normalized spacial score (nSPS) is 24.5. The van der Waals surface area contributed by atoms with Gasteiger partial charge in [0.05, 0.1) is 0 Å². The molecular weight excluding hydrogens is 276 g/mol. The maximum Gasteiger partial charge on any atom is 0.322 e. The van der Waals surface area contributed by atoms with E-state index in [0.717, 1.165) is 0 Å². The molecule has 1 fully saturated rings. The van der Waals surface area contributed by atoms with E-state index in [9.17, 15) is 9.59 Å². The van der Waals surface area contributed by atoms with Crippen molar-refractivity contribution in [1.82, 2.24) is 10.2 Å². The molecule has 7 heteroatoms. The van der Waals surface area contributed by atoms with Gasteiger partial charge in [-0.05, 0) is 12.1 Å². The molecule has 2 N–H and O–H groups in total. The van der Waals surface area contributed by atoms with Gasteiger partial charge in [-0.1, -0.05) is 12.1 Å². The predicted octanol–water partition coefficient (Wildman–Crippen LogP) is -0.289. The van der Waals surface area contributed by atoms with Crippen LogP contribution in [-0.2, 0) is 9.59 Å². The molecule has 21 heavy (non-hydrogen) atoms. The van der Waals surface area contributed by atoms with Gasteiger partial charge in [0.1, 0.15) is 12.6 Å². The highest BCUT2D eigenvalue weighted by atomic mass is 16.6. The van der Waals surface area contributed by atoms with Crippen LogP contribution < -0.4 is 14.8 Å². The Morgan fingerprint density at radius 1 is 1.29 bits per heavy atom. The van der Waals surface area contributed by atoms with Gasteiger partial charge in [-0.2, -0.15) is 0 Å². The first-order chi connectivity index (χ1) is 10.1. The van der Waals surface area contributed by atoms with Gasteiger partial charge in [0.15, 0.2) is 11.5 Å². The van der Waals surface area contributed by atoms with Crippen LogP contribution in [0.15, 0.2) is 24.3 Å². The minimum atomic E-state index is -0.960. The number of hydrogen-bond donors (Lipinski definition) is 2. The lowest BCUT2D eigenvalue weighted by Crippen LogP contribution is -2.58. The topological polar surface area (TPSA) is 88.1 Å². The number of nitrogens with one attached hydrogen (secondary N) is 1. The number of hydrogen-bond acceptors (Lipinski definition) is 5. The van der Waals surface area contributed by atoms with E-state index < -0.39 is 18.1 Å². The fourth-order valence-electron chi connectivity index (χ4n) is 2.46. The fourth-order valence-corrected chi connectivity index (χ4v) is 2.46. The number of carbonyl (C=O) groups excluding carboxylic acids is 1. The van der Waals surface area contributed by atoms with Crippen molar-refractivity contribution >= 4 is 11.9 Å². The van der Waals surface area contributed by atoms with E-state index in [1.165, 1.54) is 4.90 Å². The molecular formula is C14H16N2O5. The summed E-state index contributed by atoms with van der Waals surface area (Å²) in [5, 5.41) is 11.9. The maximum atomic E-state index is 12.4. The zero-order valence-corrected chi connectivity index (χ0v) is 11.3. The second-order valence-electron chi connectivity index (χ2n) is 4.99. The van der Waals surface area contributed by atoms with Crippen LogP contribution in [0.25, 0.3) is 0 Å². The Balaban J connectivity index is 1.67. The molecule has 1 aromatic rings. The second-order valence-corrected chi connectivity index (χ2v) is 4.99. The molecule has 0 radical (unpaired) electrons. The Morgan fingerprint density at radius 3 is 2.81 bits per heavy atom. The second kappa shape index (κ2) is 5.61. The summed E-state index contributed by atoms with van der Waals surface area (Å²) in [5.74, 6) is -0.0480. The van der Waals surface area contributed by atoms with E-state index in [2.05, 4.69) is 5.32 Å². The summed E-state index contributed by atoms with van der Waals surface area (Å²) in [5.41, 5.74) is 0. The molecule has 0 aromatic heterocycles. The van der Waals surface area contributed by atoms with Gasteiger partial charge >= 0.3 is 5.97 Å². The molecule has 0 saturated carbocycles. The number of amides is 1. The maximum absolute atomic E-state index is 12.4. The molecule has 1 amide bonds. The Bertz CT molecular complexity index is 562. The highest BCUT2D eigenvalue weighted by Crippen LogP contribution is 2.31. The van der Waals surface area contributed by atoms with Crippen molar-refractivity contribution in [3.8, 4) is 11.5 Å². The van der Waals surface area contributed by atoms with Crippen LogP contribution in [0.2, 0.25) is 0 Å². The average Bonchev–Trinajstić information content (AvgIpc) is 2.53. The van der Waals surface area contributed by atoms with Crippen molar-refractivity contribution < 1.29 is 24.2 Å². The zero-order valence-electron chi connectivity index (χ0n) is 11.3. The summed E-state index contributed by atoms with van der Waals surface area (Å²) in [6.45, 7) is 1.18. The minimum Gasteiger partial charge on any atom is -0.485 e. The summed E-state index contributed by atoms with van der Waals surface area (Å²) >= 11 is 0. The summed E-state index contributed by atoms with van der Waals surface area (Å²) in [7, 11) is 0. The number of aliphatic carboxylic acids is 1.